The van der Waals surface area contributed by atoms with Crippen LogP contribution in [0.1, 0.15) is 10.4 Å². The Kier molecular flexibility index (Phi) is 6.41. The molecule has 1 amide bonds. The van der Waals surface area contributed by atoms with E-state index in [-0.39, 0.29) is 33.9 Å². The highest BCUT2D eigenvalue weighted by atomic mass is 35.5. The van der Waals surface area contributed by atoms with E-state index in [0.717, 1.165) is 18.2 Å². The van der Waals surface area contributed by atoms with Crippen LogP contribution < -0.4 is 10.6 Å². The Morgan fingerprint density at radius 2 is 1.55 bits per heavy atom. The lowest BCUT2D eigenvalue weighted by atomic mass is 10.1. The van der Waals surface area contributed by atoms with Crippen molar-refractivity contribution >= 4 is 35.0 Å². The van der Waals surface area contributed by atoms with Gasteiger partial charge in [-0.15, -0.1) is 0 Å². The molecule has 3 aromatic carbocycles. The van der Waals surface area contributed by atoms with Crippen molar-refractivity contribution in [3.05, 3.63) is 101 Å². The summed E-state index contributed by atoms with van der Waals surface area (Å²) in [4.78, 5) is 16.9. The summed E-state index contributed by atoms with van der Waals surface area (Å²) in [6.45, 7) is 0. The summed E-state index contributed by atoms with van der Waals surface area (Å²) >= 11 is 5.91. The Hall–Kier alpha value is -4.11. The lowest BCUT2D eigenvalue weighted by molar-refractivity contribution is 0.0977. The molecule has 0 radical (unpaired) electrons. The summed E-state index contributed by atoms with van der Waals surface area (Å²) in [5, 5.41) is 12.3. The van der Waals surface area contributed by atoms with Gasteiger partial charge in [-0.25, -0.2) is 13.2 Å². The second-order valence-electron chi connectivity index (χ2n) is 6.85. The van der Waals surface area contributed by atoms with E-state index in [9.17, 15) is 18.0 Å². The van der Waals surface area contributed by atoms with Crippen molar-refractivity contribution in [3.63, 3.8) is 0 Å². The number of amides is 1. The number of anilines is 1. The molecule has 3 N–H and O–H groups in total. The van der Waals surface area contributed by atoms with Crippen LogP contribution in [-0.2, 0) is 0 Å². The number of nitrogens with one attached hydrogen (secondary N) is 3. The first-order chi connectivity index (χ1) is 15.9. The molecule has 0 saturated heterocycles. The molecular weight excluding hydrogens is 455 g/mol. The predicted octanol–water partition coefficient (Wildman–Crippen LogP) is 5.68. The van der Waals surface area contributed by atoms with E-state index in [1.807, 2.05) is 0 Å². The average molecular weight is 470 g/mol. The highest BCUT2D eigenvalue weighted by Gasteiger charge is 2.12. The second kappa shape index (κ2) is 9.58. The molecule has 166 valence electrons. The normalized spacial score (nSPS) is 11.3. The average Bonchev–Trinajstić information content (AvgIpc) is 3.22. The topological polar surface area (TPSA) is 82.2 Å². The zero-order valence-corrected chi connectivity index (χ0v) is 17.5. The Morgan fingerprint density at radius 3 is 2.21 bits per heavy atom. The molecule has 0 spiro atoms. The van der Waals surface area contributed by atoms with E-state index in [2.05, 4.69) is 25.8 Å². The lowest BCUT2D eigenvalue weighted by Crippen LogP contribution is -2.35. The highest BCUT2D eigenvalue weighted by molar-refractivity contribution is 6.31. The monoisotopic (exact) mass is 469 g/mol. The van der Waals surface area contributed by atoms with E-state index in [0.29, 0.717) is 11.3 Å². The minimum Gasteiger partial charge on any atom is -0.325 e. The van der Waals surface area contributed by atoms with Crippen LogP contribution in [0.5, 0.6) is 0 Å². The Labute approximate surface area is 191 Å². The molecule has 0 aliphatic carbocycles. The van der Waals surface area contributed by atoms with E-state index in [1.54, 1.807) is 18.2 Å². The Morgan fingerprint density at radius 1 is 0.879 bits per heavy atom. The summed E-state index contributed by atoms with van der Waals surface area (Å²) < 4.78 is 40.1. The number of carbonyl (C=O) groups excluding carboxylic acids is 1. The number of rotatable bonds is 4. The number of halogens is 4. The van der Waals surface area contributed by atoms with E-state index in [1.165, 1.54) is 36.4 Å². The van der Waals surface area contributed by atoms with Gasteiger partial charge in [0.05, 0.1) is 5.69 Å². The van der Waals surface area contributed by atoms with Gasteiger partial charge in [0.15, 0.2) is 5.82 Å². The first-order valence-electron chi connectivity index (χ1n) is 9.56. The zero-order valence-electron chi connectivity index (χ0n) is 16.7. The van der Waals surface area contributed by atoms with Gasteiger partial charge >= 0.3 is 0 Å². The van der Waals surface area contributed by atoms with Gasteiger partial charge in [-0.2, -0.15) is 10.1 Å². The zero-order chi connectivity index (χ0) is 23.4. The minimum absolute atomic E-state index is 0.0804. The number of aromatic amines is 1. The second-order valence-corrected chi connectivity index (χ2v) is 7.29. The summed E-state index contributed by atoms with van der Waals surface area (Å²) in [6.07, 6.45) is 0. The molecule has 1 heterocycles. The van der Waals surface area contributed by atoms with Crippen LogP contribution in [0.3, 0.4) is 0 Å². The van der Waals surface area contributed by atoms with Crippen LogP contribution in [-0.4, -0.2) is 22.1 Å². The van der Waals surface area contributed by atoms with Crippen molar-refractivity contribution in [3.8, 4) is 11.3 Å². The fourth-order valence-corrected chi connectivity index (χ4v) is 3.11. The number of aromatic nitrogens is 2. The van der Waals surface area contributed by atoms with Crippen molar-refractivity contribution in [1.29, 1.82) is 0 Å². The largest absolute Gasteiger partial charge is 0.325 e. The van der Waals surface area contributed by atoms with Gasteiger partial charge in [0.25, 0.3) is 5.91 Å². The first-order valence-corrected chi connectivity index (χ1v) is 9.93. The molecule has 6 nitrogen and oxygen atoms in total. The number of H-pyrrole nitrogens is 1. The van der Waals surface area contributed by atoms with Crippen LogP contribution in [0.2, 0.25) is 5.02 Å². The van der Waals surface area contributed by atoms with E-state index in [4.69, 9.17) is 11.6 Å². The number of carbonyl (C=O) groups is 1. The van der Waals surface area contributed by atoms with Gasteiger partial charge in [0.1, 0.15) is 17.5 Å². The standard InChI is InChI=1S/C23H15ClF3N5O/c24-15-9-18(27)11-19(10-15)28-23(30-22(33)14-3-7-17(26)8-4-14)29-21-12-20(31-32-21)13-1-5-16(25)6-2-13/h1-12H,(H3,28,29,30,31,32,33). The van der Waals surface area contributed by atoms with Gasteiger partial charge in [-0.1, -0.05) is 11.6 Å². The molecular formula is C23H15ClF3N5O. The first kappa shape index (κ1) is 22.1. The maximum Gasteiger partial charge on any atom is 0.257 e. The molecule has 0 atom stereocenters. The van der Waals surface area contributed by atoms with Gasteiger partial charge in [0.2, 0.25) is 5.96 Å². The molecule has 4 rings (SSSR count). The van der Waals surface area contributed by atoms with Crippen LogP contribution in [0.4, 0.5) is 24.7 Å². The smallest absolute Gasteiger partial charge is 0.257 e. The van der Waals surface area contributed by atoms with E-state index >= 15 is 0 Å². The molecule has 0 aliphatic heterocycles. The van der Waals surface area contributed by atoms with Gasteiger partial charge in [-0.05, 0) is 72.3 Å². The number of hydrogen-bond donors (Lipinski definition) is 3. The Bertz CT molecular complexity index is 1300. The van der Waals surface area contributed by atoms with Crippen molar-refractivity contribution in [1.82, 2.24) is 15.5 Å². The van der Waals surface area contributed by atoms with Crippen LogP contribution in [0, 0.1) is 17.5 Å². The van der Waals surface area contributed by atoms with Crippen molar-refractivity contribution < 1.29 is 18.0 Å². The molecule has 0 fully saturated rings. The highest BCUT2D eigenvalue weighted by Crippen LogP contribution is 2.22. The summed E-state index contributed by atoms with van der Waals surface area (Å²) in [5.74, 6) is -1.94. The fraction of sp³-hybridized carbons (Fsp3) is 0. The fourth-order valence-electron chi connectivity index (χ4n) is 2.89. The summed E-state index contributed by atoms with van der Waals surface area (Å²) in [5.41, 5.74) is 1.64. The van der Waals surface area contributed by atoms with Crippen LogP contribution in [0.15, 0.2) is 77.8 Å². The number of benzene rings is 3. The minimum atomic E-state index is -0.590. The van der Waals surface area contributed by atoms with Gasteiger partial charge < -0.3 is 5.32 Å². The SMILES string of the molecule is O=C(NC(=Nc1cc(-c2ccc(F)cc2)[nH]n1)Nc1cc(F)cc(Cl)c1)c1ccc(F)cc1. The molecule has 1 aromatic heterocycles. The van der Waals surface area contributed by atoms with Crippen LogP contribution >= 0.6 is 11.6 Å². The van der Waals surface area contributed by atoms with Crippen molar-refractivity contribution in [2.45, 2.75) is 0 Å². The quantitative estimate of drug-likeness (QED) is 0.266. The van der Waals surface area contributed by atoms with E-state index < -0.39 is 17.5 Å². The molecule has 0 bridgehead atoms. The maximum atomic E-state index is 13.8. The predicted molar refractivity (Wildman–Crippen MR) is 120 cm³/mol. The van der Waals surface area contributed by atoms with Crippen molar-refractivity contribution in [2.75, 3.05) is 5.32 Å². The number of aliphatic imine (C=N–C) groups is 1. The number of nitrogens with zero attached hydrogens (tertiary/aromatic N) is 2. The third-order valence-corrected chi connectivity index (χ3v) is 4.63. The molecule has 33 heavy (non-hydrogen) atoms. The number of guanidine groups is 1. The molecule has 0 saturated carbocycles. The maximum absolute atomic E-state index is 13.8. The third-order valence-electron chi connectivity index (χ3n) is 4.41. The lowest BCUT2D eigenvalue weighted by Gasteiger charge is -2.11. The summed E-state index contributed by atoms with van der Waals surface area (Å²) in [6, 6.07) is 16.0. The van der Waals surface area contributed by atoms with Gasteiger partial charge in [-0.3, -0.25) is 15.2 Å². The molecule has 10 heteroatoms. The Balaban J connectivity index is 1.64. The van der Waals surface area contributed by atoms with Gasteiger partial charge in [0, 0.05) is 22.3 Å². The molecule has 0 aliphatic rings. The summed E-state index contributed by atoms with van der Waals surface area (Å²) in [7, 11) is 0. The van der Waals surface area contributed by atoms with Crippen molar-refractivity contribution in [2.24, 2.45) is 4.99 Å². The third kappa shape index (κ3) is 5.78. The number of hydrogen-bond acceptors (Lipinski definition) is 3. The molecule has 4 aromatic rings. The molecule has 0 unspecified atom stereocenters. The van der Waals surface area contributed by atoms with Crippen LogP contribution in [0.25, 0.3) is 11.3 Å².